The summed E-state index contributed by atoms with van der Waals surface area (Å²) < 4.78 is 11.9. The number of nitrogens with zero attached hydrogens (tertiary/aromatic N) is 3. The minimum atomic E-state index is 0.0142. The van der Waals surface area contributed by atoms with Gasteiger partial charge in [-0.3, -0.25) is 0 Å². The number of anilines is 1. The molecule has 0 aliphatic carbocycles. The van der Waals surface area contributed by atoms with Gasteiger partial charge in [-0.2, -0.15) is 0 Å². The van der Waals surface area contributed by atoms with Crippen LogP contribution in [0.5, 0.6) is 11.5 Å². The predicted molar refractivity (Wildman–Crippen MR) is 125 cm³/mol. The smallest absolute Gasteiger partial charge is 0.317 e. The molecule has 3 aromatic rings. The van der Waals surface area contributed by atoms with E-state index in [1.807, 2.05) is 35.2 Å². The van der Waals surface area contributed by atoms with Crippen molar-refractivity contribution < 1.29 is 14.3 Å². The third-order valence-electron chi connectivity index (χ3n) is 5.50. The lowest BCUT2D eigenvalue weighted by atomic mass is 10.1. The van der Waals surface area contributed by atoms with Crippen LogP contribution >= 0.6 is 11.3 Å². The van der Waals surface area contributed by atoms with Gasteiger partial charge in [0.2, 0.25) is 0 Å². The van der Waals surface area contributed by atoms with Gasteiger partial charge in [-0.25, -0.2) is 9.78 Å². The Kier molecular flexibility index (Phi) is 6.76. The molecule has 4 rings (SSSR count). The van der Waals surface area contributed by atoms with E-state index >= 15 is 0 Å². The quantitative estimate of drug-likeness (QED) is 0.567. The average Bonchev–Trinajstić information content (AvgIpc) is 3.27. The van der Waals surface area contributed by atoms with Crippen LogP contribution in [0.2, 0.25) is 0 Å². The van der Waals surface area contributed by atoms with Crippen molar-refractivity contribution in [3.63, 3.8) is 0 Å². The zero-order valence-electron chi connectivity index (χ0n) is 18.0. The number of nitrogens with one attached hydrogen (secondary N) is 1. The van der Waals surface area contributed by atoms with E-state index < -0.39 is 0 Å². The van der Waals surface area contributed by atoms with Crippen molar-refractivity contribution in [3.05, 3.63) is 48.0 Å². The van der Waals surface area contributed by atoms with E-state index in [0.717, 1.165) is 52.8 Å². The highest BCUT2D eigenvalue weighted by Gasteiger charge is 2.24. The first kappa shape index (κ1) is 21.2. The number of methoxy groups -OCH3 is 2. The van der Waals surface area contributed by atoms with Gasteiger partial charge < -0.3 is 24.6 Å². The molecule has 2 heterocycles. The minimum Gasteiger partial charge on any atom is -0.495 e. The summed E-state index contributed by atoms with van der Waals surface area (Å²) in [6.07, 6.45) is 1.91. The number of carbonyl (C=O) groups excluding carboxylic acids is 1. The van der Waals surface area contributed by atoms with Crippen LogP contribution in [0.1, 0.15) is 12.0 Å². The molecular weight excluding hydrogens is 412 g/mol. The Hall–Kier alpha value is -3.00. The number of rotatable bonds is 7. The number of amides is 2. The summed E-state index contributed by atoms with van der Waals surface area (Å²) in [5.41, 5.74) is 2.12. The first-order valence-corrected chi connectivity index (χ1v) is 11.3. The number of ether oxygens (including phenoxy) is 2. The third-order valence-corrected chi connectivity index (χ3v) is 6.63. The monoisotopic (exact) mass is 440 g/mol. The number of aromatic nitrogens is 1. The number of aryl methyl sites for hydroxylation is 1. The Morgan fingerprint density at radius 3 is 2.45 bits per heavy atom. The minimum absolute atomic E-state index is 0.0142. The number of thiazole rings is 1. The van der Waals surface area contributed by atoms with Gasteiger partial charge in [0.1, 0.15) is 21.7 Å². The summed E-state index contributed by atoms with van der Waals surface area (Å²) in [5.74, 6) is 1.54. The van der Waals surface area contributed by atoms with Gasteiger partial charge in [-0.1, -0.05) is 41.7 Å². The summed E-state index contributed by atoms with van der Waals surface area (Å²) in [6.45, 7) is 3.54. The summed E-state index contributed by atoms with van der Waals surface area (Å²) in [5, 5.41) is 3.98. The van der Waals surface area contributed by atoms with Crippen LogP contribution < -0.4 is 19.7 Å². The molecule has 0 saturated carbocycles. The molecule has 1 saturated heterocycles. The van der Waals surface area contributed by atoms with Gasteiger partial charge in [0.15, 0.2) is 5.13 Å². The van der Waals surface area contributed by atoms with E-state index in [-0.39, 0.29) is 6.03 Å². The number of fused-ring (bicyclic) bond motifs is 1. The maximum atomic E-state index is 12.5. The zero-order chi connectivity index (χ0) is 21.6. The molecular formula is C23H28N4O3S. The van der Waals surface area contributed by atoms with Gasteiger partial charge in [0.25, 0.3) is 0 Å². The third kappa shape index (κ3) is 4.85. The molecule has 0 unspecified atom stereocenters. The predicted octanol–water partition coefficient (Wildman–Crippen LogP) is 3.78. The van der Waals surface area contributed by atoms with Crippen LogP contribution in [-0.4, -0.2) is 62.9 Å². The van der Waals surface area contributed by atoms with E-state index in [4.69, 9.17) is 14.5 Å². The molecule has 1 aliphatic rings. The molecule has 2 amide bonds. The highest BCUT2D eigenvalue weighted by Crippen LogP contribution is 2.40. The fraction of sp³-hybridized carbons (Fsp3) is 0.391. The molecule has 1 N–H and O–H groups in total. The highest BCUT2D eigenvalue weighted by atomic mass is 32.1. The number of piperazine rings is 1. The second-order valence-corrected chi connectivity index (χ2v) is 8.42. The molecule has 31 heavy (non-hydrogen) atoms. The van der Waals surface area contributed by atoms with Crippen molar-refractivity contribution in [1.82, 2.24) is 15.2 Å². The Labute approximate surface area is 186 Å². The second kappa shape index (κ2) is 9.87. The number of hydrogen-bond acceptors (Lipinski definition) is 6. The molecule has 1 aliphatic heterocycles. The van der Waals surface area contributed by atoms with Crippen molar-refractivity contribution in [1.29, 1.82) is 0 Å². The van der Waals surface area contributed by atoms with Gasteiger partial charge in [0, 0.05) is 32.7 Å². The normalized spacial score (nSPS) is 14.0. The number of urea groups is 1. The first-order chi connectivity index (χ1) is 15.2. The molecule has 2 aromatic carbocycles. The highest BCUT2D eigenvalue weighted by molar-refractivity contribution is 7.22. The largest absolute Gasteiger partial charge is 0.495 e. The molecule has 0 radical (unpaired) electrons. The van der Waals surface area contributed by atoms with Crippen LogP contribution in [0.25, 0.3) is 10.2 Å². The van der Waals surface area contributed by atoms with E-state index in [9.17, 15) is 4.79 Å². The SMILES string of the molecule is COc1ccc(OC)c2sc(N3CCN(C(=O)NCCCc4ccccc4)CC3)nc12. The van der Waals surface area contributed by atoms with Crippen LogP contribution in [-0.2, 0) is 6.42 Å². The van der Waals surface area contributed by atoms with Crippen LogP contribution in [0.3, 0.4) is 0 Å². The summed E-state index contributed by atoms with van der Waals surface area (Å²) in [7, 11) is 3.31. The first-order valence-electron chi connectivity index (χ1n) is 10.5. The number of carbonyl (C=O) groups is 1. The van der Waals surface area contributed by atoms with E-state index in [2.05, 4.69) is 22.3 Å². The zero-order valence-corrected chi connectivity index (χ0v) is 18.8. The Morgan fingerprint density at radius 2 is 1.74 bits per heavy atom. The van der Waals surface area contributed by atoms with Crippen LogP contribution in [0, 0.1) is 0 Å². The van der Waals surface area contributed by atoms with E-state index in [1.54, 1.807) is 25.6 Å². The molecule has 164 valence electrons. The molecule has 8 heteroatoms. The standard InChI is InChI=1S/C23H28N4O3S/c1-29-18-10-11-19(30-2)21-20(18)25-23(31-21)27-15-13-26(14-16-27)22(28)24-12-6-9-17-7-4-3-5-8-17/h3-5,7-8,10-11H,6,9,12-16H2,1-2H3,(H,24,28). The van der Waals surface area contributed by atoms with Crippen LogP contribution in [0.4, 0.5) is 9.93 Å². The molecule has 1 aromatic heterocycles. The lowest BCUT2D eigenvalue weighted by Crippen LogP contribution is -2.52. The van der Waals surface area contributed by atoms with Crippen molar-refractivity contribution in [2.45, 2.75) is 12.8 Å². The topological polar surface area (TPSA) is 66.9 Å². The number of hydrogen-bond donors (Lipinski definition) is 1. The molecule has 0 bridgehead atoms. The van der Waals surface area contributed by atoms with Gasteiger partial charge >= 0.3 is 6.03 Å². The fourth-order valence-corrected chi connectivity index (χ4v) is 4.88. The number of benzene rings is 2. The Morgan fingerprint density at radius 1 is 1.03 bits per heavy atom. The van der Waals surface area contributed by atoms with Crippen molar-refractivity contribution in [2.24, 2.45) is 0 Å². The van der Waals surface area contributed by atoms with Crippen molar-refractivity contribution >= 4 is 32.7 Å². The summed E-state index contributed by atoms with van der Waals surface area (Å²) >= 11 is 1.60. The second-order valence-electron chi connectivity index (χ2n) is 7.44. The van der Waals surface area contributed by atoms with Gasteiger partial charge in [-0.05, 0) is 30.5 Å². The van der Waals surface area contributed by atoms with E-state index in [1.165, 1.54) is 5.56 Å². The molecule has 1 fully saturated rings. The lowest BCUT2D eigenvalue weighted by molar-refractivity contribution is 0.194. The fourth-order valence-electron chi connectivity index (χ4n) is 3.75. The maximum Gasteiger partial charge on any atom is 0.317 e. The molecule has 0 atom stereocenters. The van der Waals surface area contributed by atoms with Crippen molar-refractivity contribution in [3.8, 4) is 11.5 Å². The van der Waals surface area contributed by atoms with Crippen molar-refractivity contribution in [2.75, 3.05) is 51.8 Å². The van der Waals surface area contributed by atoms with E-state index in [0.29, 0.717) is 19.6 Å². The maximum absolute atomic E-state index is 12.5. The van der Waals surface area contributed by atoms with Gasteiger partial charge in [0.05, 0.1) is 14.2 Å². The Bertz CT molecular complexity index is 975. The summed E-state index contributed by atoms with van der Waals surface area (Å²) in [6, 6.07) is 14.2. The van der Waals surface area contributed by atoms with Crippen LogP contribution in [0.15, 0.2) is 42.5 Å². The molecule has 0 spiro atoms. The molecule has 7 nitrogen and oxygen atoms in total. The Balaban J connectivity index is 1.29. The summed E-state index contributed by atoms with van der Waals surface area (Å²) in [4.78, 5) is 21.4. The average molecular weight is 441 g/mol. The lowest BCUT2D eigenvalue weighted by Gasteiger charge is -2.34. The van der Waals surface area contributed by atoms with Gasteiger partial charge in [-0.15, -0.1) is 0 Å².